The van der Waals surface area contributed by atoms with Gasteiger partial charge in [0.25, 0.3) is 0 Å². The molecule has 0 bridgehead atoms. The van der Waals surface area contributed by atoms with Crippen LogP contribution in [-0.2, 0) is 10.9 Å². The van der Waals surface area contributed by atoms with Gasteiger partial charge in [-0.15, -0.1) is 0 Å². The van der Waals surface area contributed by atoms with E-state index < -0.39 is 11.7 Å². The van der Waals surface area contributed by atoms with Crippen LogP contribution in [0.3, 0.4) is 0 Å². The van der Waals surface area contributed by atoms with Crippen LogP contribution < -0.4 is 5.32 Å². The second-order valence-corrected chi connectivity index (χ2v) is 5.12. The van der Waals surface area contributed by atoms with E-state index in [2.05, 4.69) is 5.32 Å². The van der Waals surface area contributed by atoms with E-state index in [-0.39, 0.29) is 12.0 Å². The molecule has 1 aliphatic heterocycles. The van der Waals surface area contributed by atoms with Gasteiger partial charge >= 0.3 is 6.18 Å². The van der Waals surface area contributed by atoms with Crippen molar-refractivity contribution in [3.8, 4) is 0 Å². The Morgan fingerprint density at radius 2 is 2.15 bits per heavy atom. The molecule has 2 atom stereocenters. The van der Waals surface area contributed by atoms with E-state index in [1.54, 1.807) is 6.07 Å². The van der Waals surface area contributed by atoms with Crippen molar-refractivity contribution in [2.24, 2.45) is 5.92 Å². The van der Waals surface area contributed by atoms with E-state index in [0.717, 1.165) is 32.0 Å². The summed E-state index contributed by atoms with van der Waals surface area (Å²) in [6, 6.07) is 5.51. The van der Waals surface area contributed by atoms with Crippen LogP contribution in [0, 0.1) is 5.92 Å². The zero-order chi connectivity index (χ0) is 14.6. The molecular weight excluding hydrogens is 267 g/mol. The summed E-state index contributed by atoms with van der Waals surface area (Å²) in [5.74, 6) is 0.229. The number of benzene rings is 1. The highest BCUT2D eigenvalue weighted by atomic mass is 19.4. The van der Waals surface area contributed by atoms with Crippen LogP contribution in [0.1, 0.15) is 37.0 Å². The molecule has 5 heteroatoms. The summed E-state index contributed by atoms with van der Waals surface area (Å²) in [5, 5.41) is 3.26. The summed E-state index contributed by atoms with van der Waals surface area (Å²) in [4.78, 5) is 0. The average Bonchev–Trinajstić information content (AvgIpc) is 2.45. The highest BCUT2D eigenvalue weighted by molar-refractivity contribution is 5.28. The molecule has 1 heterocycles. The Kier molecular flexibility index (Phi) is 5.05. The molecule has 2 nitrogen and oxygen atoms in total. The summed E-state index contributed by atoms with van der Waals surface area (Å²) in [6.07, 6.45) is -2.61. The number of halogens is 3. The Morgan fingerprint density at radius 3 is 2.85 bits per heavy atom. The first kappa shape index (κ1) is 15.3. The van der Waals surface area contributed by atoms with Crippen LogP contribution in [-0.4, -0.2) is 19.7 Å². The van der Waals surface area contributed by atoms with E-state index in [0.29, 0.717) is 12.2 Å². The largest absolute Gasteiger partial charge is 0.416 e. The third-order valence-electron chi connectivity index (χ3n) is 3.64. The van der Waals surface area contributed by atoms with Crippen LogP contribution in [0.2, 0.25) is 0 Å². The highest BCUT2D eigenvalue weighted by Crippen LogP contribution is 2.36. The van der Waals surface area contributed by atoms with Crippen molar-refractivity contribution >= 4 is 0 Å². The molecule has 20 heavy (non-hydrogen) atoms. The van der Waals surface area contributed by atoms with E-state index in [4.69, 9.17) is 4.74 Å². The van der Waals surface area contributed by atoms with Gasteiger partial charge in [-0.3, -0.25) is 0 Å². The first-order valence-electron chi connectivity index (χ1n) is 7.02. The van der Waals surface area contributed by atoms with Crippen molar-refractivity contribution in [1.82, 2.24) is 5.32 Å². The quantitative estimate of drug-likeness (QED) is 0.910. The van der Waals surface area contributed by atoms with Crippen LogP contribution in [0.4, 0.5) is 13.2 Å². The highest BCUT2D eigenvalue weighted by Gasteiger charge is 2.33. The maximum Gasteiger partial charge on any atom is 0.416 e. The van der Waals surface area contributed by atoms with Crippen molar-refractivity contribution in [3.05, 3.63) is 35.4 Å². The van der Waals surface area contributed by atoms with Gasteiger partial charge in [-0.05, 0) is 37.1 Å². The first-order valence-corrected chi connectivity index (χ1v) is 7.02. The van der Waals surface area contributed by atoms with Crippen molar-refractivity contribution in [1.29, 1.82) is 0 Å². The van der Waals surface area contributed by atoms with Crippen molar-refractivity contribution in [2.45, 2.75) is 32.0 Å². The van der Waals surface area contributed by atoms with E-state index >= 15 is 0 Å². The average molecular weight is 287 g/mol. The molecule has 0 radical (unpaired) electrons. The van der Waals surface area contributed by atoms with Gasteiger partial charge in [0.2, 0.25) is 0 Å². The SMILES string of the molecule is CCNCC1CCCOC1c1cccc(C(F)(F)F)c1. The summed E-state index contributed by atoms with van der Waals surface area (Å²) in [5.41, 5.74) is 0.0220. The molecule has 0 amide bonds. The summed E-state index contributed by atoms with van der Waals surface area (Å²) in [7, 11) is 0. The van der Waals surface area contributed by atoms with Crippen LogP contribution in [0.5, 0.6) is 0 Å². The lowest BCUT2D eigenvalue weighted by atomic mass is 9.88. The van der Waals surface area contributed by atoms with Gasteiger partial charge in [-0.25, -0.2) is 0 Å². The smallest absolute Gasteiger partial charge is 0.373 e. The first-order chi connectivity index (χ1) is 9.52. The number of rotatable bonds is 4. The fraction of sp³-hybridized carbons (Fsp3) is 0.600. The molecule has 1 aromatic rings. The number of ether oxygens (including phenoxy) is 1. The van der Waals surface area contributed by atoms with Gasteiger partial charge in [0.1, 0.15) is 0 Å². The van der Waals surface area contributed by atoms with Crippen LogP contribution in [0.25, 0.3) is 0 Å². The number of alkyl halides is 3. The zero-order valence-corrected chi connectivity index (χ0v) is 11.5. The molecule has 0 aromatic heterocycles. The molecular formula is C15H20F3NO. The molecule has 0 aliphatic carbocycles. The number of hydrogen-bond donors (Lipinski definition) is 1. The Hall–Kier alpha value is -1.07. The minimum atomic E-state index is -4.30. The third-order valence-corrected chi connectivity index (χ3v) is 3.64. The second kappa shape index (κ2) is 6.59. The monoisotopic (exact) mass is 287 g/mol. The normalized spacial score (nSPS) is 23.8. The molecule has 2 unspecified atom stereocenters. The minimum absolute atomic E-state index is 0.229. The van der Waals surface area contributed by atoms with Gasteiger partial charge in [-0.1, -0.05) is 19.1 Å². The third kappa shape index (κ3) is 3.73. The lowest BCUT2D eigenvalue weighted by molar-refractivity contribution is -0.137. The topological polar surface area (TPSA) is 21.3 Å². The number of nitrogens with one attached hydrogen (secondary N) is 1. The number of hydrogen-bond acceptors (Lipinski definition) is 2. The standard InChI is InChI=1S/C15H20F3NO/c1-2-19-10-12-6-4-8-20-14(12)11-5-3-7-13(9-11)15(16,17)18/h3,5,7,9,12,14,19H,2,4,6,8,10H2,1H3. The predicted molar refractivity (Wildman–Crippen MR) is 71.4 cm³/mol. The Labute approximate surface area is 117 Å². The molecule has 2 rings (SSSR count). The summed E-state index contributed by atoms with van der Waals surface area (Å²) >= 11 is 0. The molecule has 0 saturated carbocycles. The van der Waals surface area contributed by atoms with E-state index in [1.807, 2.05) is 6.92 Å². The molecule has 1 aromatic carbocycles. The van der Waals surface area contributed by atoms with Gasteiger partial charge in [0.15, 0.2) is 0 Å². The molecule has 112 valence electrons. The Morgan fingerprint density at radius 1 is 1.35 bits per heavy atom. The van der Waals surface area contributed by atoms with Gasteiger partial charge in [0.05, 0.1) is 11.7 Å². The summed E-state index contributed by atoms with van der Waals surface area (Å²) in [6.45, 7) is 4.26. The van der Waals surface area contributed by atoms with Crippen molar-refractivity contribution < 1.29 is 17.9 Å². The molecule has 1 fully saturated rings. The van der Waals surface area contributed by atoms with Crippen molar-refractivity contribution in [2.75, 3.05) is 19.7 Å². The molecule has 1 aliphatic rings. The van der Waals surface area contributed by atoms with Crippen molar-refractivity contribution in [3.63, 3.8) is 0 Å². The fourth-order valence-electron chi connectivity index (χ4n) is 2.64. The van der Waals surface area contributed by atoms with Gasteiger partial charge < -0.3 is 10.1 Å². The Bertz CT molecular complexity index is 433. The maximum absolute atomic E-state index is 12.8. The lowest BCUT2D eigenvalue weighted by Crippen LogP contribution is -2.32. The zero-order valence-electron chi connectivity index (χ0n) is 11.5. The van der Waals surface area contributed by atoms with Crippen LogP contribution in [0.15, 0.2) is 24.3 Å². The van der Waals surface area contributed by atoms with Crippen LogP contribution >= 0.6 is 0 Å². The van der Waals surface area contributed by atoms with E-state index in [9.17, 15) is 13.2 Å². The molecule has 0 spiro atoms. The molecule has 1 saturated heterocycles. The van der Waals surface area contributed by atoms with Gasteiger partial charge in [0, 0.05) is 19.1 Å². The molecule has 1 N–H and O–H groups in total. The van der Waals surface area contributed by atoms with Gasteiger partial charge in [-0.2, -0.15) is 13.2 Å². The fourth-order valence-corrected chi connectivity index (χ4v) is 2.64. The van der Waals surface area contributed by atoms with E-state index in [1.165, 1.54) is 12.1 Å². The minimum Gasteiger partial charge on any atom is -0.373 e. The predicted octanol–water partition coefficient (Wildman–Crippen LogP) is 3.78. The lowest BCUT2D eigenvalue weighted by Gasteiger charge is -2.32. The summed E-state index contributed by atoms with van der Waals surface area (Å²) < 4.78 is 44.1. The Balaban J connectivity index is 2.19. The second-order valence-electron chi connectivity index (χ2n) is 5.12. The maximum atomic E-state index is 12.8.